The first-order valence-corrected chi connectivity index (χ1v) is 16.1. The maximum absolute atomic E-state index is 13.1. The molecule has 1 fully saturated rings. The van der Waals surface area contributed by atoms with Crippen LogP contribution in [0.4, 0.5) is 0 Å². The van der Waals surface area contributed by atoms with Gasteiger partial charge in [0, 0.05) is 60.0 Å². The number of hydrogen-bond donors (Lipinski definition) is 5. The summed E-state index contributed by atoms with van der Waals surface area (Å²) >= 11 is 0. The second-order valence-electron chi connectivity index (χ2n) is 11.8. The van der Waals surface area contributed by atoms with Gasteiger partial charge in [-0.1, -0.05) is 32.1 Å². The number of Topliss-reactive ketones (excluding diaryl/α,β-unsaturated/α-hetero) is 1. The number of esters is 1. The summed E-state index contributed by atoms with van der Waals surface area (Å²) in [6.45, 7) is 4.95. The van der Waals surface area contributed by atoms with Crippen LogP contribution in [0, 0.1) is 17.8 Å². The van der Waals surface area contributed by atoms with E-state index in [-0.39, 0.29) is 56.0 Å². The smallest absolute Gasteiger partial charge is 0.321 e. The van der Waals surface area contributed by atoms with Crippen molar-refractivity contribution in [1.29, 1.82) is 0 Å². The number of carbonyl (C=O) groups is 5. The zero-order chi connectivity index (χ0) is 33.1. The molecule has 13 nitrogen and oxygen atoms in total. The number of hydrogen-bond acceptors (Lipinski definition) is 11. The number of ketones is 1. The van der Waals surface area contributed by atoms with Crippen LogP contribution in [0.1, 0.15) is 65.7 Å². The number of carboxylic acid groups (broad SMARTS) is 1. The predicted octanol–water partition coefficient (Wildman–Crippen LogP) is 0.525. The highest BCUT2D eigenvalue weighted by Gasteiger charge is 2.35. The highest BCUT2D eigenvalue weighted by Crippen LogP contribution is 2.27. The Bertz CT molecular complexity index is 1120. The predicted molar refractivity (Wildman–Crippen MR) is 160 cm³/mol. The Hall–Kier alpha value is -2.78. The Balaban J connectivity index is 2.22. The number of allylic oxidation sites excluding steroid dienone is 2. The molecule has 0 radical (unpaired) electrons. The van der Waals surface area contributed by atoms with Crippen LogP contribution in [-0.2, 0) is 44.2 Å². The van der Waals surface area contributed by atoms with Crippen LogP contribution < -0.4 is 11.1 Å². The van der Waals surface area contributed by atoms with Crippen LogP contribution in [0.2, 0.25) is 0 Å². The molecule has 14 heteroatoms. The summed E-state index contributed by atoms with van der Waals surface area (Å²) in [6, 6.07) is -1.35. The summed E-state index contributed by atoms with van der Waals surface area (Å²) in [5, 5.41) is 32.2. The SMILES string of the molecule is CO[C@H]1/C=C/CC[C@H]([S@@](=O)C[C@@H](N)C(=O)O)CC(=O)O[C@H](/C(C)=C\[C@@H](C)C(=O)C[C@H](O)CC2CC(=O)NC(=O)C2)[C@H](C)[C@H]1O. The molecule has 0 unspecified atom stereocenters. The first kappa shape index (κ1) is 37.4. The summed E-state index contributed by atoms with van der Waals surface area (Å²) < 4.78 is 24.2. The molecule has 2 aliphatic rings. The monoisotopic (exact) mass is 642 g/mol. The molecular weight excluding hydrogens is 596 g/mol. The molecule has 0 aliphatic carbocycles. The van der Waals surface area contributed by atoms with E-state index in [0.29, 0.717) is 12.0 Å². The number of piperidine rings is 1. The number of aliphatic hydroxyl groups is 2. The minimum absolute atomic E-state index is 0.0945. The largest absolute Gasteiger partial charge is 0.480 e. The van der Waals surface area contributed by atoms with Gasteiger partial charge < -0.3 is 30.5 Å². The molecule has 6 N–H and O–H groups in total. The van der Waals surface area contributed by atoms with Gasteiger partial charge in [0.1, 0.15) is 24.0 Å². The maximum Gasteiger partial charge on any atom is 0.321 e. The molecule has 2 aliphatic heterocycles. The van der Waals surface area contributed by atoms with E-state index in [4.69, 9.17) is 20.3 Å². The maximum atomic E-state index is 13.1. The van der Waals surface area contributed by atoms with Crippen molar-refractivity contribution < 1.29 is 53.0 Å². The highest BCUT2D eigenvalue weighted by molar-refractivity contribution is 7.85. The number of ether oxygens (including phenoxy) is 2. The number of imide groups is 1. The van der Waals surface area contributed by atoms with E-state index in [1.165, 1.54) is 7.11 Å². The number of rotatable bonds is 12. The van der Waals surface area contributed by atoms with Crippen molar-refractivity contribution in [2.75, 3.05) is 12.9 Å². The van der Waals surface area contributed by atoms with Gasteiger partial charge in [0.15, 0.2) is 0 Å². The molecule has 0 aromatic rings. The summed E-state index contributed by atoms with van der Waals surface area (Å²) in [5.74, 6) is -5.22. The van der Waals surface area contributed by atoms with Gasteiger partial charge in [0.25, 0.3) is 0 Å². The number of amides is 2. The molecule has 2 amide bonds. The van der Waals surface area contributed by atoms with Gasteiger partial charge in [-0.15, -0.1) is 0 Å². The topological polar surface area (TPSA) is 220 Å². The zero-order valence-electron chi connectivity index (χ0n) is 25.7. The lowest BCUT2D eigenvalue weighted by Crippen LogP contribution is -2.42. The Morgan fingerprint density at radius 3 is 2.45 bits per heavy atom. The molecular formula is C30H46N2O11S. The van der Waals surface area contributed by atoms with Gasteiger partial charge >= 0.3 is 11.9 Å². The Morgan fingerprint density at radius 2 is 1.86 bits per heavy atom. The minimum Gasteiger partial charge on any atom is -0.480 e. The second-order valence-corrected chi connectivity index (χ2v) is 13.6. The first-order valence-electron chi connectivity index (χ1n) is 14.8. The Labute approximate surface area is 260 Å². The molecule has 0 aromatic carbocycles. The van der Waals surface area contributed by atoms with Crippen molar-refractivity contribution in [3.8, 4) is 0 Å². The third-order valence-corrected chi connectivity index (χ3v) is 9.86. The molecule has 0 saturated carbocycles. The Morgan fingerprint density at radius 1 is 1.23 bits per heavy atom. The van der Waals surface area contributed by atoms with Crippen molar-refractivity contribution in [2.24, 2.45) is 23.5 Å². The van der Waals surface area contributed by atoms with Crippen LogP contribution in [0.25, 0.3) is 0 Å². The zero-order valence-corrected chi connectivity index (χ0v) is 26.5. The Kier molecular flexibility index (Phi) is 15.0. The summed E-state index contributed by atoms with van der Waals surface area (Å²) in [4.78, 5) is 60.6. The molecule has 0 bridgehead atoms. The average molecular weight is 643 g/mol. The van der Waals surface area contributed by atoms with E-state index in [2.05, 4.69) is 5.32 Å². The lowest BCUT2D eigenvalue weighted by molar-refractivity contribution is -0.153. The first-order chi connectivity index (χ1) is 20.6. The van der Waals surface area contributed by atoms with Crippen LogP contribution in [-0.4, -0.2) is 97.6 Å². The van der Waals surface area contributed by atoms with E-state index in [1.807, 2.05) is 0 Å². The lowest BCUT2D eigenvalue weighted by atomic mass is 9.86. The number of carbonyl (C=O) groups excluding carboxylic acids is 4. The van der Waals surface area contributed by atoms with Crippen LogP contribution >= 0.6 is 0 Å². The fraction of sp³-hybridized carbons (Fsp3) is 0.700. The number of nitrogens with two attached hydrogens (primary N) is 1. The van der Waals surface area contributed by atoms with Crippen molar-refractivity contribution in [2.45, 2.75) is 101 Å². The summed E-state index contributed by atoms with van der Waals surface area (Å²) in [6.07, 6.45) is 1.61. The van der Waals surface area contributed by atoms with E-state index in [1.54, 1.807) is 39.0 Å². The third-order valence-electron chi connectivity index (χ3n) is 8.03. The second kappa shape index (κ2) is 17.6. The van der Waals surface area contributed by atoms with Gasteiger partial charge in [-0.3, -0.25) is 33.5 Å². The highest BCUT2D eigenvalue weighted by atomic mass is 32.2. The standard InChI is InChI=1S/C30H46N2O11S/c1-16(23(34)13-20(33)10-19-11-25(35)32-26(36)12-19)9-17(2)29-18(3)28(38)24(42-4)8-6-5-7-21(14-27(37)43-29)44(41)15-22(31)30(39)40/h6,8-9,16,18-22,24,28-29,33,38H,5,7,10-15,31H2,1-4H3,(H,39,40)(H,32,35,36)/b8-6+,17-9-/t16-,18-,20-,21+,22-,24+,28-,29-,44+/m1/s1. The number of aliphatic carboxylic acids is 1. The molecule has 0 aromatic heterocycles. The normalized spacial score (nSPS) is 29.7. The molecule has 2 rings (SSSR count). The van der Waals surface area contributed by atoms with Crippen LogP contribution in [0.15, 0.2) is 23.8 Å². The van der Waals surface area contributed by atoms with Gasteiger partial charge in [0.05, 0.1) is 18.6 Å². The van der Waals surface area contributed by atoms with Gasteiger partial charge in [-0.25, -0.2) is 0 Å². The molecule has 248 valence electrons. The molecule has 1 saturated heterocycles. The van der Waals surface area contributed by atoms with Crippen molar-refractivity contribution >= 4 is 40.3 Å². The van der Waals surface area contributed by atoms with Crippen molar-refractivity contribution in [3.05, 3.63) is 23.8 Å². The number of carboxylic acids is 1. The number of nitrogens with one attached hydrogen (secondary N) is 1. The number of aliphatic hydroxyl groups excluding tert-OH is 2. The minimum atomic E-state index is -1.74. The van der Waals surface area contributed by atoms with Gasteiger partial charge in [-0.05, 0) is 37.7 Å². The lowest BCUT2D eigenvalue weighted by Gasteiger charge is -2.32. The summed E-state index contributed by atoms with van der Waals surface area (Å²) in [7, 11) is -0.318. The van der Waals surface area contributed by atoms with E-state index >= 15 is 0 Å². The molecule has 2 heterocycles. The third kappa shape index (κ3) is 11.6. The molecule has 44 heavy (non-hydrogen) atoms. The van der Waals surface area contributed by atoms with Gasteiger partial charge in [-0.2, -0.15) is 0 Å². The fourth-order valence-corrected chi connectivity index (χ4v) is 7.00. The van der Waals surface area contributed by atoms with Crippen LogP contribution in [0.5, 0.6) is 0 Å². The molecule has 9 atom stereocenters. The number of methoxy groups -OCH3 is 1. The van der Waals surface area contributed by atoms with Crippen LogP contribution in [0.3, 0.4) is 0 Å². The van der Waals surface area contributed by atoms with E-state index in [0.717, 1.165) is 0 Å². The van der Waals surface area contributed by atoms with Gasteiger partial charge in [0.2, 0.25) is 11.8 Å². The van der Waals surface area contributed by atoms with E-state index < -0.39 is 82.1 Å². The quantitative estimate of drug-likeness (QED) is 0.112. The van der Waals surface area contributed by atoms with Crippen molar-refractivity contribution in [1.82, 2.24) is 5.32 Å². The van der Waals surface area contributed by atoms with E-state index in [9.17, 15) is 38.4 Å². The molecule has 0 spiro atoms. The summed E-state index contributed by atoms with van der Waals surface area (Å²) in [5.41, 5.74) is 6.04. The van der Waals surface area contributed by atoms with Crippen molar-refractivity contribution in [3.63, 3.8) is 0 Å². The average Bonchev–Trinajstić information content (AvgIpc) is 2.93. The number of cyclic esters (lactones) is 1. The fourth-order valence-electron chi connectivity index (χ4n) is 5.51.